The van der Waals surface area contributed by atoms with Crippen LogP contribution < -0.4 is 4.90 Å². The third-order valence-electron chi connectivity index (χ3n) is 5.37. The van der Waals surface area contributed by atoms with Crippen LogP contribution in [0.1, 0.15) is 50.2 Å². The number of carbonyl (C=O) groups is 1. The first-order chi connectivity index (χ1) is 11.1. The number of nitriles is 1. The Morgan fingerprint density at radius 3 is 2.70 bits per heavy atom. The van der Waals surface area contributed by atoms with E-state index in [4.69, 9.17) is 0 Å². The van der Waals surface area contributed by atoms with Crippen molar-refractivity contribution in [3.05, 3.63) is 23.4 Å². The molecule has 0 atom stereocenters. The number of rotatable bonds is 1. The minimum Gasteiger partial charge on any atom is -0.351 e. The van der Waals surface area contributed by atoms with Crippen molar-refractivity contribution in [2.45, 2.75) is 51.5 Å². The molecule has 2 heterocycles. The minimum absolute atomic E-state index is 0.0829. The van der Waals surface area contributed by atoms with Crippen LogP contribution in [0.5, 0.6) is 0 Å². The molecule has 1 saturated carbocycles. The second-order valence-corrected chi connectivity index (χ2v) is 6.82. The van der Waals surface area contributed by atoms with Gasteiger partial charge in [-0.3, -0.25) is 4.79 Å². The standard InChI is InChI=1S/C18H24N4O/c1-14-6-9-20-17(16(14)12-19)21-10-11-22(15(2)23)18(13-21)7-4-3-5-8-18/h6,9H,3-5,7-8,10-11,13H2,1-2H3. The van der Waals surface area contributed by atoms with Crippen molar-refractivity contribution < 1.29 is 4.79 Å². The van der Waals surface area contributed by atoms with Crippen molar-refractivity contribution in [1.29, 1.82) is 5.26 Å². The number of nitrogens with zero attached hydrogens (tertiary/aromatic N) is 4. The van der Waals surface area contributed by atoms with Crippen molar-refractivity contribution in [2.24, 2.45) is 0 Å². The fourth-order valence-electron chi connectivity index (χ4n) is 4.21. The third-order valence-corrected chi connectivity index (χ3v) is 5.37. The molecule has 1 aliphatic heterocycles. The Kier molecular flexibility index (Phi) is 4.25. The number of amides is 1. The maximum absolute atomic E-state index is 12.1. The molecule has 0 aromatic carbocycles. The van der Waals surface area contributed by atoms with Gasteiger partial charge in [0.25, 0.3) is 0 Å². The fourth-order valence-corrected chi connectivity index (χ4v) is 4.21. The molecule has 3 rings (SSSR count). The monoisotopic (exact) mass is 312 g/mol. The van der Waals surface area contributed by atoms with E-state index < -0.39 is 0 Å². The Labute approximate surface area is 137 Å². The molecule has 0 radical (unpaired) electrons. The van der Waals surface area contributed by atoms with Gasteiger partial charge in [0.1, 0.15) is 11.9 Å². The van der Waals surface area contributed by atoms with Crippen LogP contribution in [0.15, 0.2) is 12.3 Å². The molecule has 1 aromatic rings. The lowest BCUT2D eigenvalue weighted by Gasteiger charge is -2.53. The summed E-state index contributed by atoms with van der Waals surface area (Å²) in [7, 11) is 0. The molecule has 1 spiro atoms. The number of anilines is 1. The number of pyridine rings is 1. The first-order valence-electron chi connectivity index (χ1n) is 8.46. The first kappa shape index (κ1) is 15.8. The van der Waals surface area contributed by atoms with Gasteiger partial charge in [-0.2, -0.15) is 5.26 Å². The fraction of sp³-hybridized carbons (Fsp3) is 0.611. The molecule has 2 fully saturated rings. The zero-order chi connectivity index (χ0) is 16.4. The molecule has 5 heteroatoms. The number of carbonyl (C=O) groups excluding carboxylic acids is 1. The number of piperazine rings is 1. The van der Waals surface area contributed by atoms with Crippen LogP contribution >= 0.6 is 0 Å². The molecule has 5 nitrogen and oxygen atoms in total. The van der Waals surface area contributed by atoms with Crippen LogP contribution in [0, 0.1) is 18.3 Å². The van der Waals surface area contributed by atoms with Crippen LogP contribution in [0.3, 0.4) is 0 Å². The molecule has 1 aliphatic carbocycles. The summed E-state index contributed by atoms with van der Waals surface area (Å²) in [6, 6.07) is 4.18. The predicted molar refractivity (Wildman–Crippen MR) is 89.1 cm³/mol. The Morgan fingerprint density at radius 2 is 2.04 bits per heavy atom. The van der Waals surface area contributed by atoms with E-state index in [-0.39, 0.29) is 11.4 Å². The maximum Gasteiger partial charge on any atom is 0.220 e. The Bertz CT molecular complexity index is 643. The summed E-state index contributed by atoms with van der Waals surface area (Å²) in [5.74, 6) is 0.949. The lowest BCUT2D eigenvalue weighted by Crippen LogP contribution is -2.64. The molecule has 0 N–H and O–H groups in total. The molecule has 0 unspecified atom stereocenters. The smallest absolute Gasteiger partial charge is 0.220 e. The zero-order valence-electron chi connectivity index (χ0n) is 14.0. The van der Waals surface area contributed by atoms with E-state index in [0.29, 0.717) is 5.56 Å². The first-order valence-corrected chi connectivity index (χ1v) is 8.46. The van der Waals surface area contributed by atoms with Crippen molar-refractivity contribution in [1.82, 2.24) is 9.88 Å². The van der Waals surface area contributed by atoms with Gasteiger partial charge in [-0.05, 0) is 31.4 Å². The quantitative estimate of drug-likeness (QED) is 0.800. The lowest BCUT2D eigenvalue weighted by atomic mass is 9.78. The van der Waals surface area contributed by atoms with E-state index >= 15 is 0 Å². The molecule has 122 valence electrons. The highest BCUT2D eigenvalue weighted by Crippen LogP contribution is 2.38. The summed E-state index contributed by atoms with van der Waals surface area (Å²) in [5.41, 5.74) is 1.54. The lowest BCUT2D eigenvalue weighted by molar-refractivity contribution is -0.137. The number of aryl methyl sites for hydroxylation is 1. The second-order valence-electron chi connectivity index (χ2n) is 6.82. The van der Waals surface area contributed by atoms with Gasteiger partial charge in [0, 0.05) is 32.8 Å². The van der Waals surface area contributed by atoms with Gasteiger partial charge in [0.2, 0.25) is 5.91 Å². The molecule has 1 aromatic heterocycles. The average Bonchev–Trinajstić information content (AvgIpc) is 2.55. The van der Waals surface area contributed by atoms with Gasteiger partial charge in [0.15, 0.2) is 0 Å². The van der Waals surface area contributed by atoms with Crippen molar-refractivity contribution in [2.75, 3.05) is 24.5 Å². The topological polar surface area (TPSA) is 60.2 Å². The highest BCUT2D eigenvalue weighted by Gasteiger charge is 2.44. The van der Waals surface area contributed by atoms with Gasteiger partial charge in [-0.15, -0.1) is 0 Å². The maximum atomic E-state index is 12.1. The molecule has 1 saturated heterocycles. The highest BCUT2D eigenvalue weighted by atomic mass is 16.2. The Hall–Kier alpha value is -2.09. The summed E-state index contributed by atoms with van der Waals surface area (Å²) in [5, 5.41) is 9.49. The van der Waals surface area contributed by atoms with E-state index in [2.05, 4.69) is 20.9 Å². The molecule has 0 bridgehead atoms. The van der Waals surface area contributed by atoms with E-state index in [1.54, 1.807) is 13.1 Å². The van der Waals surface area contributed by atoms with Gasteiger partial charge < -0.3 is 9.80 Å². The van der Waals surface area contributed by atoms with E-state index in [0.717, 1.165) is 43.9 Å². The van der Waals surface area contributed by atoms with E-state index in [1.807, 2.05) is 13.0 Å². The van der Waals surface area contributed by atoms with Crippen molar-refractivity contribution in [3.63, 3.8) is 0 Å². The van der Waals surface area contributed by atoms with Crippen LogP contribution in [0.4, 0.5) is 5.82 Å². The Balaban J connectivity index is 1.94. The third kappa shape index (κ3) is 2.78. The Morgan fingerprint density at radius 1 is 1.30 bits per heavy atom. The normalized spacial score (nSPS) is 20.4. The predicted octanol–water partition coefficient (Wildman–Crippen LogP) is 2.63. The van der Waals surface area contributed by atoms with Gasteiger partial charge >= 0.3 is 0 Å². The zero-order valence-corrected chi connectivity index (χ0v) is 14.0. The van der Waals surface area contributed by atoms with Crippen molar-refractivity contribution in [3.8, 4) is 6.07 Å². The largest absolute Gasteiger partial charge is 0.351 e. The molecular weight excluding hydrogens is 288 g/mol. The van der Waals surface area contributed by atoms with Crippen LogP contribution in [-0.2, 0) is 4.79 Å². The molecule has 1 amide bonds. The minimum atomic E-state index is -0.0829. The molecular formula is C18H24N4O. The summed E-state index contributed by atoms with van der Waals surface area (Å²) in [6.07, 6.45) is 7.47. The van der Waals surface area contributed by atoms with E-state index in [1.165, 1.54) is 19.3 Å². The number of hydrogen-bond donors (Lipinski definition) is 0. The highest BCUT2D eigenvalue weighted by molar-refractivity contribution is 5.75. The van der Waals surface area contributed by atoms with Crippen LogP contribution in [-0.4, -0.2) is 41.0 Å². The summed E-state index contributed by atoms with van der Waals surface area (Å²) in [4.78, 5) is 20.9. The average molecular weight is 312 g/mol. The molecule has 23 heavy (non-hydrogen) atoms. The SMILES string of the molecule is CC(=O)N1CCN(c2nccc(C)c2C#N)CC12CCCCC2. The van der Waals surface area contributed by atoms with Gasteiger partial charge in [-0.25, -0.2) is 4.98 Å². The van der Waals surface area contributed by atoms with Crippen LogP contribution in [0.25, 0.3) is 0 Å². The molecule has 2 aliphatic rings. The van der Waals surface area contributed by atoms with Crippen molar-refractivity contribution >= 4 is 11.7 Å². The van der Waals surface area contributed by atoms with Gasteiger partial charge in [0.05, 0.1) is 11.1 Å². The van der Waals surface area contributed by atoms with Crippen LogP contribution in [0.2, 0.25) is 0 Å². The summed E-state index contributed by atoms with van der Waals surface area (Å²) >= 11 is 0. The number of hydrogen-bond acceptors (Lipinski definition) is 4. The van der Waals surface area contributed by atoms with E-state index in [9.17, 15) is 10.1 Å². The van der Waals surface area contributed by atoms with Gasteiger partial charge in [-0.1, -0.05) is 19.3 Å². The summed E-state index contributed by atoms with van der Waals surface area (Å²) < 4.78 is 0. The summed E-state index contributed by atoms with van der Waals surface area (Å²) in [6.45, 7) is 5.88. The second kappa shape index (κ2) is 6.19. The number of aromatic nitrogens is 1.